The minimum Gasteiger partial charge on any atom is -0.330 e. The molecular formula is C20H39N3. The molecule has 0 radical (unpaired) electrons. The largest absolute Gasteiger partial charge is 0.330 e. The maximum absolute atomic E-state index is 5.94. The molecule has 2 rings (SSSR count). The molecule has 0 spiro atoms. The van der Waals surface area contributed by atoms with Crippen molar-refractivity contribution in [3.63, 3.8) is 0 Å². The number of rotatable bonds is 5. The maximum Gasteiger partial charge on any atom is 0.00631 e. The van der Waals surface area contributed by atoms with Crippen molar-refractivity contribution < 1.29 is 0 Å². The molecule has 3 heteroatoms. The first-order valence-electron chi connectivity index (χ1n) is 9.43. The van der Waals surface area contributed by atoms with Gasteiger partial charge in [-0.1, -0.05) is 57.5 Å². The van der Waals surface area contributed by atoms with E-state index in [1.807, 2.05) is 27.7 Å². The fourth-order valence-corrected chi connectivity index (χ4v) is 2.77. The first-order chi connectivity index (χ1) is 11.2. The highest BCUT2D eigenvalue weighted by atomic mass is 15.1. The fraction of sp³-hybridized carbons (Fsp3) is 0.700. The number of hydrogen-bond acceptors (Lipinski definition) is 3. The summed E-state index contributed by atoms with van der Waals surface area (Å²) in [5, 5.41) is 0. The Labute approximate surface area is 144 Å². The van der Waals surface area contributed by atoms with Crippen LogP contribution in [0, 0.1) is 6.92 Å². The molecule has 1 fully saturated rings. The van der Waals surface area contributed by atoms with Crippen LogP contribution >= 0.6 is 0 Å². The highest BCUT2D eigenvalue weighted by molar-refractivity contribution is 5.24. The lowest BCUT2D eigenvalue weighted by Gasteiger charge is -2.31. The standard InChI is InChI=1S/C16H27N3.2C2H6/c1-13-2-4-14(5-3-13)15(12-17)6-9-19-10-7-16(18)8-11-19;2*1-2/h2-5,15-16H,6-12,17-18H2,1H3;2*1-2H3. The molecule has 0 saturated carbocycles. The van der Waals surface area contributed by atoms with E-state index in [4.69, 9.17) is 11.5 Å². The van der Waals surface area contributed by atoms with Gasteiger partial charge in [0.2, 0.25) is 0 Å². The SMILES string of the molecule is CC.CC.Cc1ccc(C(CN)CCN2CCC(N)CC2)cc1. The lowest BCUT2D eigenvalue weighted by molar-refractivity contribution is 0.207. The number of benzene rings is 1. The van der Waals surface area contributed by atoms with E-state index in [1.54, 1.807) is 0 Å². The van der Waals surface area contributed by atoms with Crippen molar-refractivity contribution in [1.29, 1.82) is 0 Å². The van der Waals surface area contributed by atoms with Crippen molar-refractivity contribution in [3.8, 4) is 0 Å². The van der Waals surface area contributed by atoms with Crippen LogP contribution in [-0.2, 0) is 0 Å². The number of hydrogen-bond donors (Lipinski definition) is 2. The summed E-state index contributed by atoms with van der Waals surface area (Å²) in [6.45, 7) is 14.3. The van der Waals surface area contributed by atoms with Crippen LogP contribution in [0.25, 0.3) is 0 Å². The number of piperidine rings is 1. The van der Waals surface area contributed by atoms with Gasteiger partial charge in [-0.05, 0) is 63.8 Å². The molecule has 1 aromatic carbocycles. The molecular weight excluding hydrogens is 282 g/mol. The minimum atomic E-state index is 0.415. The summed E-state index contributed by atoms with van der Waals surface area (Å²) in [7, 11) is 0. The lowest BCUT2D eigenvalue weighted by atomic mass is 9.94. The highest BCUT2D eigenvalue weighted by Crippen LogP contribution is 2.20. The second-order valence-electron chi connectivity index (χ2n) is 5.81. The molecule has 1 aromatic rings. The van der Waals surface area contributed by atoms with Crippen LogP contribution in [0.3, 0.4) is 0 Å². The van der Waals surface area contributed by atoms with Gasteiger partial charge < -0.3 is 16.4 Å². The zero-order valence-corrected chi connectivity index (χ0v) is 16.0. The number of aryl methyl sites for hydroxylation is 1. The second-order valence-corrected chi connectivity index (χ2v) is 5.81. The first kappa shape index (κ1) is 22.1. The zero-order chi connectivity index (χ0) is 17.7. The highest BCUT2D eigenvalue weighted by Gasteiger charge is 2.17. The summed E-state index contributed by atoms with van der Waals surface area (Å²) >= 11 is 0. The van der Waals surface area contributed by atoms with E-state index in [-0.39, 0.29) is 0 Å². The molecule has 1 atom stereocenters. The van der Waals surface area contributed by atoms with Crippen molar-refractivity contribution in [1.82, 2.24) is 4.90 Å². The van der Waals surface area contributed by atoms with E-state index < -0.39 is 0 Å². The molecule has 1 saturated heterocycles. The van der Waals surface area contributed by atoms with Gasteiger partial charge >= 0.3 is 0 Å². The van der Waals surface area contributed by atoms with Crippen molar-refractivity contribution in [2.45, 2.75) is 65.8 Å². The predicted octanol–water partition coefficient (Wildman–Crippen LogP) is 3.90. The third-order valence-corrected chi connectivity index (χ3v) is 4.26. The number of likely N-dealkylation sites (tertiary alicyclic amines) is 1. The lowest BCUT2D eigenvalue weighted by Crippen LogP contribution is -2.40. The van der Waals surface area contributed by atoms with E-state index >= 15 is 0 Å². The Morgan fingerprint density at radius 3 is 2.04 bits per heavy atom. The van der Waals surface area contributed by atoms with Crippen LogP contribution < -0.4 is 11.5 Å². The van der Waals surface area contributed by atoms with E-state index in [1.165, 1.54) is 11.1 Å². The van der Waals surface area contributed by atoms with Crippen LogP contribution in [0.1, 0.15) is 64.0 Å². The molecule has 1 aliphatic heterocycles. The van der Waals surface area contributed by atoms with Gasteiger partial charge in [-0.25, -0.2) is 0 Å². The predicted molar refractivity (Wildman–Crippen MR) is 104 cm³/mol. The smallest absolute Gasteiger partial charge is 0.00631 e. The molecule has 4 N–H and O–H groups in total. The second kappa shape index (κ2) is 13.5. The van der Waals surface area contributed by atoms with Crippen molar-refractivity contribution in [3.05, 3.63) is 35.4 Å². The zero-order valence-electron chi connectivity index (χ0n) is 16.0. The maximum atomic E-state index is 5.94. The van der Waals surface area contributed by atoms with E-state index in [0.717, 1.165) is 45.4 Å². The van der Waals surface area contributed by atoms with E-state index in [2.05, 4.69) is 36.1 Å². The summed E-state index contributed by atoms with van der Waals surface area (Å²) in [6, 6.07) is 9.21. The molecule has 134 valence electrons. The monoisotopic (exact) mass is 321 g/mol. The van der Waals surface area contributed by atoms with Crippen LogP contribution in [0.15, 0.2) is 24.3 Å². The summed E-state index contributed by atoms with van der Waals surface area (Å²) in [4.78, 5) is 2.53. The number of nitrogens with two attached hydrogens (primary N) is 2. The van der Waals surface area contributed by atoms with Crippen molar-refractivity contribution >= 4 is 0 Å². The van der Waals surface area contributed by atoms with E-state index in [9.17, 15) is 0 Å². The van der Waals surface area contributed by atoms with Gasteiger partial charge in [-0.15, -0.1) is 0 Å². The van der Waals surface area contributed by atoms with Gasteiger partial charge in [0, 0.05) is 6.04 Å². The van der Waals surface area contributed by atoms with Crippen LogP contribution in [0.5, 0.6) is 0 Å². The van der Waals surface area contributed by atoms with Gasteiger partial charge in [0.25, 0.3) is 0 Å². The van der Waals surface area contributed by atoms with Gasteiger partial charge in [0.1, 0.15) is 0 Å². The van der Waals surface area contributed by atoms with Gasteiger partial charge in [0.15, 0.2) is 0 Å². The van der Waals surface area contributed by atoms with Crippen molar-refractivity contribution in [2.24, 2.45) is 11.5 Å². The molecule has 0 aliphatic carbocycles. The molecule has 23 heavy (non-hydrogen) atoms. The molecule has 0 amide bonds. The topological polar surface area (TPSA) is 55.3 Å². The molecule has 0 aromatic heterocycles. The Kier molecular flexibility index (Phi) is 13.0. The van der Waals surface area contributed by atoms with Crippen LogP contribution in [-0.4, -0.2) is 37.1 Å². The first-order valence-corrected chi connectivity index (χ1v) is 9.43. The van der Waals surface area contributed by atoms with Crippen LogP contribution in [0.2, 0.25) is 0 Å². The van der Waals surface area contributed by atoms with Gasteiger partial charge in [-0.3, -0.25) is 0 Å². The van der Waals surface area contributed by atoms with Crippen molar-refractivity contribution in [2.75, 3.05) is 26.2 Å². The Morgan fingerprint density at radius 2 is 1.57 bits per heavy atom. The van der Waals surface area contributed by atoms with Gasteiger partial charge in [0.05, 0.1) is 0 Å². The quantitative estimate of drug-likeness (QED) is 0.864. The summed E-state index contributed by atoms with van der Waals surface area (Å²) in [5.41, 5.74) is 14.6. The number of nitrogens with zero attached hydrogens (tertiary/aromatic N) is 1. The molecule has 1 aliphatic rings. The average molecular weight is 322 g/mol. The minimum absolute atomic E-state index is 0.415. The normalized spacial score (nSPS) is 16.7. The average Bonchev–Trinajstić information content (AvgIpc) is 2.62. The van der Waals surface area contributed by atoms with Crippen LogP contribution in [0.4, 0.5) is 0 Å². The Bertz CT molecular complexity index is 367. The summed E-state index contributed by atoms with van der Waals surface area (Å²) in [6.07, 6.45) is 3.42. The summed E-state index contributed by atoms with van der Waals surface area (Å²) in [5.74, 6) is 0.483. The third-order valence-electron chi connectivity index (χ3n) is 4.26. The molecule has 3 nitrogen and oxygen atoms in total. The van der Waals surface area contributed by atoms with E-state index in [0.29, 0.717) is 12.0 Å². The Balaban J connectivity index is 0.00000112. The third kappa shape index (κ3) is 8.50. The Hall–Kier alpha value is -0.900. The van der Waals surface area contributed by atoms with Gasteiger partial charge in [-0.2, -0.15) is 0 Å². The fourth-order valence-electron chi connectivity index (χ4n) is 2.77. The molecule has 1 unspecified atom stereocenters. The molecule has 1 heterocycles. The summed E-state index contributed by atoms with van der Waals surface area (Å²) < 4.78 is 0. The molecule has 0 bridgehead atoms. The Morgan fingerprint density at radius 1 is 1.04 bits per heavy atom.